The van der Waals surface area contributed by atoms with Crippen LogP contribution in [0.2, 0.25) is 0 Å². The summed E-state index contributed by atoms with van der Waals surface area (Å²) in [6.07, 6.45) is -4.43. The summed E-state index contributed by atoms with van der Waals surface area (Å²) >= 11 is 0.955. The maximum absolute atomic E-state index is 12.7. The number of ether oxygens (including phenoxy) is 2. The summed E-state index contributed by atoms with van der Waals surface area (Å²) in [5.41, 5.74) is -0.119. The zero-order valence-electron chi connectivity index (χ0n) is 17.4. The quantitative estimate of drug-likeness (QED) is 0.299. The third kappa shape index (κ3) is 6.89. The van der Waals surface area contributed by atoms with Crippen LogP contribution in [-0.4, -0.2) is 38.8 Å². The fraction of sp³-hybridized carbons (Fsp3) is 0.474. The number of guanidine groups is 1. The van der Waals surface area contributed by atoms with Gasteiger partial charge in [-0.3, -0.25) is 4.99 Å². The highest BCUT2D eigenvalue weighted by atomic mass is 127. The molecule has 2 N–H and O–H groups in total. The zero-order chi connectivity index (χ0) is 21.7. The molecule has 1 heterocycles. The lowest BCUT2D eigenvalue weighted by Crippen LogP contribution is -2.43. The molecule has 0 aliphatic rings. The van der Waals surface area contributed by atoms with E-state index in [9.17, 15) is 13.2 Å². The molecule has 1 aromatic heterocycles. The van der Waals surface area contributed by atoms with E-state index in [1.165, 1.54) is 0 Å². The van der Waals surface area contributed by atoms with Gasteiger partial charge in [0, 0.05) is 24.4 Å². The van der Waals surface area contributed by atoms with E-state index in [1.807, 2.05) is 18.2 Å². The fourth-order valence-corrected chi connectivity index (χ4v) is 3.31. The molecule has 0 atom stereocenters. The highest BCUT2D eigenvalue weighted by Crippen LogP contribution is 2.33. The number of benzene rings is 1. The molecule has 0 saturated carbocycles. The Kier molecular flexibility index (Phi) is 9.66. The first-order valence-corrected chi connectivity index (χ1v) is 9.67. The van der Waals surface area contributed by atoms with Gasteiger partial charge < -0.3 is 20.1 Å². The lowest BCUT2D eigenvalue weighted by molar-refractivity contribution is -0.140. The van der Waals surface area contributed by atoms with Crippen molar-refractivity contribution >= 4 is 41.3 Å². The van der Waals surface area contributed by atoms with Crippen molar-refractivity contribution < 1.29 is 22.6 Å². The van der Waals surface area contributed by atoms with Gasteiger partial charge in [-0.15, -0.1) is 35.3 Å². The summed E-state index contributed by atoms with van der Waals surface area (Å²) in [5, 5.41) is 7.53. The van der Waals surface area contributed by atoms with Crippen molar-refractivity contribution in [1.82, 2.24) is 15.6 Å². The van der Waals surface area contributed by atoms with E-state index in [0.29, 0.717) is 29.0 Å². The van der Waals surface area contributed by atoms with Gasteiger partial charge in [-0.25, -0.2) is 4.98 Å². The van der Waals surface area contributed by atoms with Crippen molar-refractivity contribution in [1.29, 1.82) is 0 Å². The average molecular weight is 558 g/mol. The van der Waals surface area contributed by atoms with Gasteiger partial charge in [-0.1, -0.05) is 19.9 Å². The smallest absolute Gasteiger partial charge is 0.434 e. The van der Waals surface area contributed by atoms with Gasteiger partial charge in [-0.05, 0) is 17.7 Å². The Morgan fingerprint density at radius 2 is 1.80 bits per heavy atom. The number of thiazole rings is 1. The number of aromatic nitrogens is 1. The maximum atomic E-state index is 12.7. The molecular formula is C19H26F3IN4O2S. The second kappa shape index (κ2) is 11.0. The van der Waals surface area contributed by atoms with Crippen molar-refractivity contribution in [3.63, 3.8) is 0 Å². The largest absolute Gasteiger partial charge is 0.493 e. The fourth-order valence-electron chi connectivity index (χ4n) is 2.57. The second-order valence-corrected chi connectivity index (χ2v) is 7.80. The number of rotatable bonds is 7. The van der Waals surface area contributed by atoms with E-state index in [2.05, 4.69) is 34.5 Å². The van der Waals surface area contributed by atoms with Gasteiger partial charge in [-0.2, -0.15) is 13.2 Å². The number of hydrogen-bond acceptors (Lipinski definition) is 5. The van der Waals surface area contributed by atoms with Crippen LogP contribution in [0.4, 0.5) is 13.2 Å². The van der Waals surface area contributed by atoms with Crippen molar-refractivity contribution in [3.05, 3.63) is 39.8 Å². The van der Waals surface area contributed by atoms with Crippen LogP contribution in [0.3, 0.4) is 0 Å². The molecule has 0 radical (unpaired) electrons. The molecule has 0 saturated heterocycles. The minimum atomic E-state index is -4.43. The summed E-state index contributed by atoms with van der Waals surface area (Å²) in [6, 6.07) is 5.74. The molecule has 6 nitrogen and oxygen atoms in total. The van der Waals surface area contributed by atoms with Crippen LogP contribution in [0.15, 0.2) is 28.6 Å². The Morgan fingerprint density at radius 3 is 2.33 bits per heavy atom. The monoisotopic (exact) mass is 558 g/mol. The Bertz CT molecular complexity index is 857. The molecule has 2 rings (SSSR count). The number of methoxy groups -OCH3 is 2. The van der Waals surface area contributed by atoms with E-state index in [-0.39, 0.29) is 35.9 Å². The second-order valence-electron chi connectivity index (χ2n) is 6.86. The van der Waals surface area contributed by atoms with Crippen molar-refractivity contribution in [2.75, 3.05) is 27.8 Å². The lowest BCUT2D eigenvalue weighted by atomic mass is 9.84. The summed E-state index contributed by atoms with van der Waals surface area (Å²) in [5.74, 6) is 1.77. The van der Waals surface area contributed by atoms with Crippen LogP contribution in [-0.2, 0) is 18.1 Å². The Labute approximate surface area is 195 Å². The van der Waals surface area contributed by atoms with Crippen molar-refractivity contribution in [3.8, 4) is 11.5 Å². The average Bonchev–Trinajstić information content (AvgIpc) is 3.17. The number of aliphatic imine (C=N–C) groups is 1. The lowest BCUT2D eigenvalue weighted by Gasteiger charge is -2.27. The molecule has 0 fully saturated rings. The molecule has 30 heavy (non-hydrogen) atoms. The molecule has 1 aromatic carbocycles. The van der Waals surface area contributed by atoms with Gasteiger partial charge in [0.2, 0.25) is 0 Å². The van der Waals surface area contributed by atoms with Crippen LogP contribution in [0, 0.1) is 0 Å². The van der Waals surface area contributed by atoms with Crippen LogP contribution < -0.4 is 20.1 Å². The molecule has 2 aromatic rings. The molecule has 0 aliphatic heterocycles. The summed E-state index contributed by atoms with van der Waals surface area (Å²) in [4.78, 5) is 7.72. The number of halogens is 4. The first kappa shape index (κ1) is 26.3. The SMILES string of the molecule is CN=C(NCc1nc(C(F)(F)F)cs1)NCC(C)(C)c1ccc(OC)c(OC)c1.I. The molecule has 0 spiro atoms. The Hall–Kier alpha value is -1.76. The van der Waals surface area contributed by atoms with Crippen LogP contribution in [0.1, 0.15) is 30.1 Å². The molecule has 0 aliphatic carbocycles. The minimum absolute atomic E-state index is 0. The standard InChI is InChI=1S/C19H25F3N4O2S.HI/c1-18(2,12-6-7-13(27-4)14(8-12)28-5)11-25-17(23-3)24-9-16-26-15(10-29-16)19(20,21)22;/h6-8,10H,9,11H2,1-5H3,(H2,23,24,25);1H. The van der Waals surface area contributed by atoms with Gasteiger partial charge in [0.1, 0.15) is 5.01 Å². The van der Waals surface area contributed by atoms with E-state index >= 15 is 0 Å². The van der Waals surface area contributed by atoms with Gasteiger partial charge in [0.25, 0.3) is 0 Å². The predicted molar refractivity (Wildman–Crippen MR) is 123 cm³/mol. The van der Waals surface area contributed by atoms with Gasteiger partial charge in [0.15, 0.2) is 23.2 Å². The minimum Gasteiger partial charge on any atom is -0.493 e. The molecule has 0 bridgehead atoms. The first-order valence-electron chi connectivity index (χ1n) is 8.79. The summed E-state index contributed by atoms with van der Waals surface area (Å²) in [6.45, 7) is 4.81. The van der Waals surface area contributed by atoms with Crippen molar-refractivity contribution in [2.45, 2.75) is 32.0 Å². The Balaban J connectivity index is 0.00000450. The van der Waals surface area contributed by atoms with Crippen LogP contribution in [0.5, 0.6) is 11.5 Å². The summed E-state index contributed by atoms with van der Waals surface area (Å²) < 4.78 is 48.6. The number of hydrogen-bond donors (Lipinski definition) is 2. The van der Waals surface area contributed by atoms with Gasteiger partial charge in [0.05, 0.1) is 20.8 Å². The normalized spacial score (nSPS) is 12.2. The van der Waals surface area contributed by atoms with Crippen LogP contribution in [0.25, 0.3) is 0 Å². The van der Waals surface area contributed by atoms with E-state index in [0.717, 1.165) is 22.3 Å². The summed E-state index contributed by atoms with van der Waals surface area (Å²) in [7, 11) is 4.77. The molecule has 0 unspecified atom stereocenters. The number of nitrogens with zero attached hydrogens (tertiary/aromatic N) is 2. The maximum Gasteiger partial charge on any atom is 0.434 e. The molecule has 11 heteroatoms. The molecular weight excluding hydrogens is 532 g/mol. The number of nitrogens with one attached hydrogen (secondary N) is 2. The van der Waals surface area contributed by atoms with E-state index in [4.69, 9.17) is 9.47 Å². The van der Waals surface area contributed by atoms with Gasteiger partial charge >= 0.3 is 6.18 Å². The topological polar surface area (TPSA) is 67.8 Å². The highest BCUT2D eigenvalue weighted by Gasteiger charge is 2.33. The number of alkyl halides is 3. The van der Waals surface area contributed by atoms with Crippen molar-refractivity contribution in [2.24, 2.45) is 4.99 Å². The molecule has 168 valence electrons. The van der Waals surface area contributed by atoms with Crippen LogP contribution >= 0.6 is 35.3 Å². The molecule has 0 amide bonds. The first-order chi connectivity index (χ1) is 13.6. The Morgan fingerprint density at radius 1 is 1.13 bits per heavy atom. The third-order valence-corrected chi connectivity index (χ3v) is 5.18. The van der Waals surface area contributed by atoms with E-state index in [1.54, 1.807) is 21.3 Å². The third-order valence-electron chi connectivity index (χ3n) is 4.34. The predicted octanol–water partition coefficient (Wildman–Crippen LogP) is 4.44. The van der Waals surface area contributed by atoms with E-state index < -0.39 is 11.9 Å². The zero-order valence-corrected chi connectivity index (χ0v) is 20.5. The highest BCUT2D eigenvalue weighted by molar-refractivity contribution is 14.0.